The van der Waals surface area contributed by atoms with E-state index >= 15 is 0 Å². The highest BCUT2D eigenvalue weighted by Gasteiger charge is 2.48. The van der Waals surface area contributed by atoms with E-state index in [1.807, 2.05) is 6.92 Å². The van der Waals surface area contributed by atoms with Crippen LogP contribution in [-0.4, -0.2) is 92.9 Å². The number of hydrazine groups is 1. The zero-order valence-electron chi connectivity index (χ0n) is 33.7. The van der Waals surface area contributed by atoms with Crippen LogP contribution in [0.1, 0.15) is 168 Å². The molecule has 0 bridgehead atoms. The molecule has 13 heteroatoms. The number of carbonyl (C=O) groups excluding carboxylic acids is 8. The molecule has 0 N–H and O–H groups in total. The number of unbranched alkanes of at least 4 members (excludes halogenated alkanes) is 3. The molecule has 0 spiro atoms. The summed E-state index contributed by atoms with van der Waals surface area (Å²) in [4.78, 5) is 115. The Morgan fingerprint density at radius 2 is 0.864 bits per heavy atom. The summed E-state index contributed by atoms with van der Waals surface area (Å²) < 4.78 is 5.90. The Hall–Kier alpha value is -6.08. The molecule has 4 aliphatic heterocycles. The largest absolute Gasteiger partial charge is 0.381 e. The van der Waals surface area contributed by atoms with E-state index in [4.69, 9.17) is 4.74 Å². The molecule has 2 atom stereocenters. The Labute approximate surface area is 341 Å². The second-order valence-corrected chi connectivity index (χ2v) is 15.9. The van der Waals surface area contributed by atoms with Crippen molar-refractivity contribution in [2.24, 2.45) is 5.92 Å². The van der Waals surface area contributed by atoms with Crippen molar-refractivity contribution in [1.82, 2.24) is 19.8 Å². The van der Waals surface area contributed by atoms with Gasteiger partial charge in [-0.05, 0) is 80.6 Å². The van der Waals surface area contributed by atoms with Crippen LogP contribution in [0.5, 0.6) is 0 Å². The van der Waals surface area contributed by atoms with Gasteiger partial charge in [0.1, 0.15) is 0 Å². The summed E-state index contributed by atoms with van der Waals surface area (Å²) in [6.45, 7) is 9.29. The molecule has 4 aromatic rings. The normalized spacial score (nSPS) is 17.0. The lowest BCUT2D eigenvalue weighted by Gasteiger charge is -2.38. The van der Waals surface area contributed by atoms with Crippen molar-refractivity contribution in [1.29, 1.82) is 0 Å². The molecule has 8 amide bonds. The molecule has 4 aromatic carbocycles. The molecule has 8 rings (SSSR count). The smallest absolute Gasteiger partial charge is 0.281 e. The summed E-state index contributed by atoms with van der Waals surface area (Å²) in [6.07, 6.45) is 8.19. The fraction of sp³-hybridized carbons (Fsp3) is 0.391. The highest BCUT2D eigenvalue weighted by atomic mass is 16.5. The summed E-state index contributed by atoms with van der Waals surface area (Å²) in [5.74, 6) is -5.70. The first kappa shape index (κ1) is 39.7. The van der Waals surface area contributed by atoms with Gasteiger partial charge in [0.15, 0.2) is 0 Å². The molecular formula is C46H46N4O9. The Morgan fingerprint density at radius 1 is 0.475 bits per heavy atom. The lowest BCUT2D eigenvalue weighted by molar-refractivity contribution is 0.00211. The third-order valence-electron chi connectivity index (χ3n) is 12.3. The Bertz CT molecular complexity index is 2400. The van der Waals surface area contributed by atoms with Crippen molar-refractivity contribution in [2.75, 3.05) is 19.8 Å². The molecule has 0 radical (unpaired) electrons. The minimum atomic E-state index is -0.996. The Morgan fingerprint density at radius 3 is 1.25 bits per heavy atom. The molecule has 13 nitrogen and oxygen atoms in total. The third kappa shape index (κ3) is 6.16. The van der Waals surface area contributed by atoms with Crippen LogP contribution >= 0.6 is 0 Å². The number of amides is 8. The average molecular weight is 799 g/mol. The summed E-state index contributed by atoms with van der Waals surface area (Å²) >= 11 is 0. The number of nitrogens with zero attached hydrogens (tertiary/aromatic N) is 4. The van der Waals surface area contributed by atoms with E-state index in [0.717, 1.165) is 49.8 Å². The maximum Gasteiger partial charge on any atom is 0.281 e. The molecule has 0 aliphatic carbocycles. The third-order valence-corrected chi connectivity index (χ3v) is 12.3. The van der Waals surface area contributed by atoms with Crippen LogP contribution < -0.4 is 0 Å². The second-order valence-electron chi connectivity index (χ2n) is 15.9. The summed E-state index contributed by atoms with van der Waals surface area (Å²) in [6, 6.07) is 10.8. The van der Waals surface area contributed by atoms with Crippen LogP contribution in [0, 0.1) is 5.92 Å². The number of hydrogen-bond donors (Lipinski definition) is 0. The van der Waals surface area contributed by atoms with Gasteiger partial charge in [-0.3, -0.25) is 48.2 Å². The number of rotatable bonds is 16. The monoisotopic (exact) mass is 798 g/mol. The lowest BCUT2D eigenvalue weighted by Crippen LogP contribution is -2.58. The number of ether oxygens (including phenoxy) is 1. The van der Waals surface area contributed by atoms with Crippen molar-refractivity contribution in [3.8, 4) is 0 Å². The predicted molar refractivity (Wildman–Crippen MR) is 217 cm³/mol. The molecule has 4 aliphatic rings. The van der Waals surface area contributed by atoms with Crippen molar-refractivity contribution in [3.05, 3.63) is 93.0 Å². The fourth-order valence-electron chi connectivity index (χ4n) is 9.05. The molecule has 0 saturated carbocycles. The van der Waals surface area contributed by atoms with Gasteiger partial charge in [0.2, 0.25) is 0 Å². The molecular weight excluding hydrogens is 753 g/mol. The molecule has 59 heavy (non-hydrogen) atoms. The van der Waals surface area contributed by atoms with E-state index in [-0.39, 0.29) is 78.6 Å². The molecule has 0 aromatic heterocycles. The second kappa shape index (κ2) is 15.6. The SMILES string of the molecule is CCCCCC(C)N1C(=O)c2ccc3c4c(ccc(c24)C1=O)C(=O)N(N1C(=O)c2ccc4c5c(ccc(c25)C1=O)C(=O)N(CCCOCC(CC)CCCC)C4=O)C3=O. The number of imide groups is 4. The van der Waals surface area contributed by atoms with Crippen LogP contribution in [0.25, 0.3) is 21.5 Å². The summed E-state index contributed by atoms with van der Waals surface area (Å²) in [5.41, 5.74) is 0.378. The Kier molecular flexibility index (Phi) is 10.5. The predicted octanol–water partition coefficient (Wildman–Crippen LogP) is 7.58. The molecule has 0 fully saturated rings. The van der Waals surface area contributed by atoms with Gasteiger partial charge in [-0.15, -0.1) is 0 Å². The average Bonchev–Trinajstić information content (AvgIpc) is 3.23. The van der Waals surface area contributed by atoms with Gasteiger partial charge in [-0.2, -0.15) is 10.0 Å². The van der Waals surface area contributed by atoms with Gasteiger partial charge in [-0.1, -0.05) is 59.3 Å². The standard InChI is InChI=1S/C46H46N4O9/c1-5-8-10-12-25(4)48-41(53)29-16-20-33-38-34(21-17-30(36(29)38)42(48)54)46(58)50(45(33)57)49-43(55)31-18-14-27-35-28(15-19-32(37(31)35)44(49)56)40(52)47(39(27)51)22-11-23-59-24-26(7-3)13-9-6-2/h14-21,25-26H,5-13,22-24H2,1-4H3. The topological polar surface area (TPSA) is 159 Å². The van der Waals surface area contributed by atoms with Crippen molar-refractivity contribution in [3.63, 3.8) is 0 Å². The Balaban J connectivity index is 1.07. The number of carbonyl (C=O) groups is 8. The minimum absolute atomic E-state index is 0.0646. The zero-order chi connectivity index (χ0) is 41.9. The first-order chi connectivity index (χ1) is 28.5. The van der Waals surface area contributed by atoms with Crippen LogP contribution in [0.2, 0.25) is 0 Å². The van der Waals surface area contributed by atoms with Crippen molar-refractivity contribution < 1.29 is 43.1 Å². The lowest BCUT2D eigenvalue weighted by atomic mass is 9.85. The van der Waals surface area contributed by atoms with Crippen molar-refractivity contribution in [2.45, 2.75) is 91.5 Å². The van der Waals surface area contributed by atoms with Gasteiger partial charge in [0.25, 0.3) is 47.3 Å². The van der Waals surface area contributed by atoms with E-state index in [9.17, 15) is 38.4 Å². The maximum atomic E-state index is 14.4. The van der Waals surface area contributed by atoms with Crippen LogP contribution in [0.4, 0.5) is 0 Å². The van der Waals surface area contributed by atoms with E-state index in [0.29, 0.717) is 42.0 Å². The van der Waals surface area contributed by atoms with Gasteiger partial charge in [0.05, 0.1) is 22.3 Å². The first-order valence-electron chi connectivity index (χ1n) is 20.7. The zero-order valence-corrected chi connectivity index (χ0v) is 33.7. The summed E-state index contributed by atoms with van der Waals surface area (Å²) in [7, 11) is 0. The molecule has 304 valence electrons. The van der Waals surface area contributed by atoms with Gasteiger partial charge in [0, 0.05) is 69.6 Å². The van der Waals surface area contributed by atoms with Crippen LogP contribution in [0.3, 0.4) is 0 Å². The number of benzene rings is 4. The van der Waals surface area contributed by atoms with Gasteiger partial charge >= 0.3 is 0 Å². The highest BCUT2D eigenvalue weighted by molar-refractivity contribution is 6.37. The quantitative estimate of drug-likeness (QED) is 0.0823. The van der Waals surface area contributed by atoms with Crippen LogP contribution in [-0.2, 0) is 4.74 Å². The van der Waals surface area contributed by atoms with Crippen LogP contribution in [0.15, 0.2) is 48.5 Å². The molecule has 0 saturated heterocycles. The van der Waals surface area contributed by atoms with Gasteiger partial charge < -0.3 is 4.74 Å². The van der Waals surface area contributed by atoms with Crippen molar-refractivity contribution >= 4 is 68.8 Å². The number of hydrogen-bond acceptors (Lipinski definition) is 9. The van der Waals surface area contributed by atoms with E-state index in [2.05, 4.69) is 20.8 Å². The van der Waals surface area contributed by atoms with Gasteiger partial charge in [-0.25, -0.2) is 0 Å². The fourth-order valence-corrected chi connectivity index (χ4v) is 9.05. The first-order valence-corrected chi connectivity index (χ1v) is 20.7. The van der Waals surface area contributed by atoms with E-state index in [1.54, 1.807) is 0 Å². The maximum absolute atomic E-state index is 14.4. The van der Waals surface area contributed by atoms with E-state index in [1.165, 1.54) is 53.4 Å². The molecule has 4 heterocycles. The highest BCUT2D eigenvalue weighted by Crippen LogP contribution is 2.42. The summed E-state index contributed by atoms with van der Waals surface area (Å²) in [5, 5.41) is 1.52. The molecule has 2 unspecified atom stereocenters. The van der Waals surface area contributed by atoms with E-state index < -0.39 is 47.3 Å². The minimum Gasteiger partial charge on any atom is -0.381 e.